The number of hydrogen-bond acceptors (Lipinski definition) is 10. The van der Waals surface area contributed by atoms with E-state index in [1.807, 2.05) is 27.7 Å². The molecule has 0 saturated carbocycles. The van der Waals surface area contributed by atoms with E-state index in [-0.39, 0.29) is 10.8 Å². The minimum atomic E-state index is -0.844. The molecule has 0 N–H and O–H groups in total. The highest BCUT2D eigenvalue weighted by molar-refractivity contribution is 9.11. The molecule has 18 aromatic rings. The molecule has 552 valence electrons. The maximum atomic E-state index is 7.10. The quantitative estimate of drug-likeness (QED) is 0.146. The van der Waals surface area contributed by atoms with Gasteiger partial charge in [-0.15, -0.1) is 0 Å². The van der Waals surface area contributed by atoms with Crippen LogP contribution in [-0.2, 0) is 21.7 Å². The van der Waals surface area contributed by atoms with Crippen LogP contribution >= 0.6 is 31.9 Å². The first-order chi connectivity index (χ1) is 55.2. The van der Waals surface area contributed by atoms with Crippen molar-refractivity contribution >= 4 is 110 Å². The number of rotatable bonds is 8. The second-order valence-electron chi connectivity index (χ2n) is 32.6. The van der Waals surface area contributed by atoms with Crippen LogP contribution in [-0.4, -0.2) is 19.9 Å². The summed E-state index contributed by atoms with van der Waals surface area (Å²) in [5, 5.41) is 0. The number of benzene rings is 14. The number of aromatic nitrogens is 4. The van der Waals surface area contributed by atoms with Crippen LogP contribution in [0.5, 0.6) is 0 Å². The maximum Gasteiger partial charge on any atom is 0.192 e. The second-order valence-corrected chi connectivity index (χ2v) is 34.3. The Kier molecular flexibility index (Phi) is 15.5. The Bertz CT molecular complexity index is 6580. The molecular formula is C102H76Br2N6O4. The molecule has 4 aliphatic rings. The van der Waals surface area contributed by atoms with Crippen LogP contribution in [0.1, 0.15) is 121 Å². The van der Waals surface area contributed by atoms with Crippen LogP contribution in [0.15, 0.2) is 306 Å². The van der Waals surface area contributed by atoms with Gasteiger partial charge in [-0.3, -0.25) is 0 Å². The normalized spacial score (nSPS) is 13.6. The fourth-order valence-electron chi connectivity index (χ4n) is 19.0. The maximum absolute atomic E-state index is 7.10. The molecule has 0 aliphatic heterocycles. The van der Waals surface area contributed by atoms with Crippen LogP contribution in [0.2, 0.25) is 0 Å². The fraction of sp³-hybridized carbons (Fsp3) is 0.137. The summed E-state index contributed by atoms with van der Waals surface area (Å²) >= 11 is 7.64. The third-order valence-electron chi connectivity index (χ3n) is 23.9. The summed E-state index contributed by atoms with van der Waals surface area (Å²) in [6.07, 6.45) is 0. The highest BCUT2D eigenvalue weighted by atomic mass is 79.9. The predicted molar refractivity (Wildman–Crippen MR) is 468 cm³/mol. The number of fused-ring (bicyclic) bond motifs is 28. The molecule has 0 atom stereocenters. The van der Waals surface area contributed by atoms with Gasteiger partial charge in [-0.25, -0.2) is 19.9 Å². The van der Waals surface area contributed by atoms with Crippen LogP contribution in [0.4, 0.5) is 34.1 Å². The molecule has 4 aromatic heterocycles. The Hall–Kier alpha value is -12.5. The van der Waals surface area contributed by atoms with Gasteiger partial charge in [0, 0.05) is 81.6 Å². The molecule has 2 spiro atoms. The van der Waals surface area contributed by atoms with Crippen molar-refractivity contribution in [2.24, 2.45) is 0 Å². The van der Waals surface area contributed by atoms with Crippen LogP contribution in [0.25, 0.3) is 111 Å². The summed E-state index contributed by atoms with van der Waals surface area (Å²) in [6.45, 7) is 21.3. The second kappa shape index (κ2) is 25.5. The Balaban J connectivity index is 0.000000192. The zero-order valence-corrected chi connectivity index (χ0v) is 67.8. The van der Waals surface area contributed by atoms with Gasteiger partial charge in [-0.1, -0.05) is 248 Å². The Morgan fingerprint density at radius 1 is 0.272 bits per heavy atom. The topological polar surface area (TPSA) is 111 Å². The molecule has 114 heavy (non-hydrogen) atoms. The Morgan fingerprint density at radius 2 is 0.518 bits per heavy atom. The number of anilines is 6. The molecule has 10 nitrogen and oxygen atoms in total. The van der Waals surface area contributed by atoms with Gasteiger partial charge in [-0.2, -0.15) is 0 Å². The number of hydrogen-bond donors (Lipinski definition) is 0. The molecule has 0 unspecified atom stereocenters. The Morgan fingerprint density at radius 3 is 0.816 bits per heavy atom. The van der Waals surface area contributed by atoms with Gasteiger partial charge >= 0.3 is 0 Å². The Labute approximate surface area is 677 Å². The third kappa shape index (κ3) is 10.2. The zero-order chi connectivity index (χ0) is 77.6. The summed E-state index contributed by atoms with van der Waals surface area (Å²) in [4.78, 5) is 24.9. The molecule has 0 radical (unpaired) electrons. The smallest absolute Gasteiger partial charge is 0.192 e. The monoisotopic (exact) mass is 1610 g/mol. The lowest BCUT2D eigenvalue weighted by Gasteiger charge is -2.33. The van der Waals surface area contributed by atoms with Crippen LogP contribution in [0, 0.1) is 27.7 Å². The van der Waals surface area contributed by atoms with E-state index in [4.69, 9.17) is 37.6 Å². The molecule has 0 amide bonds. The van der Waals surface area contributed by atoms with E-state index in [1.54, 1.807) is 0 Å². The molecule has 4 heterocycles. The molecule has 14 aromatic carbocycles. The highest BCUT2D eigenvalue weighted by Gasteiger charge is 2.57. The summed E-state index contributed by atoms with van der Waals surface area (Å²) in [5.74, 6) is 2.41. The summed E-state index contributed by atoms with van der Waals surface area (Å²) < 4.78 is 28.6. The lowest BCUT2D eigenvalue weighted by molar-refractivity contribution is 0.558. The summed E-state index contributed by atoms with van der Waals surface area (Å²) in [7, 11) is 0. The van der Waals surface area contributed by atoms with Gasteiger partial charge in [0.2, 0.25) is 0 Å². The van der Waals surface area contributed by atoms with Crippen molar-refractivity contribution in [1.82, 2.24) is 19.9 Å². The summed E-state index contributed by atoms with van der Waals surface area (Å²) in [5.41, 5.74) is 35.9. The van der Waals surface area contributed by atoms with E-state index in [2.05, 4.69) is 362 Å². The number of nitrogens with zero attached hydrogens (tertiary/aromatic N) is 6. The zero-order valence-electron chi connectivity index (χ0n) is 64.6. The molecule has 22 rings (SSSR count). The molecule has 4 aliphatic carbocycles. The molecular weight excluding hydrogens is 1530 g/mol. The lowest BCUT2D eigenvalue weighted by atomic mass is 9.70. The third-order valence-corrected chi connectivity index (χ3v) is 25.1. The van der Waals surface area contributed by atoms with Gasteiger partial charge in [0.05, 0.1) is 22.2 Å². The van der Waals surface area contributed by atoms with Gasteiger partial charge in [0.15, 0.2) is 45.9 Å². The first kappa shape index (κ1) is 69.5. The van der Waals surface area contributed by atoms with Gasteiger partial charge in [-0.05, 0) is 216 Å². The van der Waals surface area contributed by atoms with Crippen molar-refractivity contribution in [2.45, 2.75) is 90.9 Å². The van der Waals surface area contributed by atoms with E-state index < -0.39 is 10.8 Å². The molecule has 0 saturated heterocycles. The van der Waals surface area contributed by atoms with Crippen LogP contribution < -0.4 is 9.80 Å². The average molecular weight is 1610 g/mol. The van der Waals surface area contributed by atoms with E-state index in [0.717, 1.165) is 132 Å². The van der Waals surface area contributed by atoms with Crippen molar-refractivity contribution < 1.29 is 17.7 Å². The van der Waals surface area contributed by atoms with Gasteiger partial charge in [0.25, 0.3) is 0 Å². The minimum absolute atomic E-state index is 0.0352. The van der Waals surface area contributed by atoms with Crippen molar-refractivity contribution in [3.63, 3.8) is 0 Å². The minimum Gasteiger partial charge on any atom is -0.440 e. The number of aryl methyl sites for hydroxylation is 4. The lowest BCUT2D eigenvalue weighted by Crippen LogP contribution is -2.26. The van der Waals surface area contributed by atoms with Crippen molar-refractivity contribution in [2.75, 3.05) is 9.80 Å². The SMILES string of the molecule is Cc1nc2c(Br)cc3c(c2o1)-c1c(cc(Br)c2nc(C)oc12)C31c2ccccc2-c2ccccc21.Cc1nc2c(N(c3ccc(-c4ccccc4)cc3)c3ccc(C(C)(C)C)cc3)cc3c(c2o1)-c1c(cc(N(c2ccc(-c4ccccc4)cc2)c2ccc(C(C)(C)C)cc2)c2nc(C)oc12)C31c2ccccc2-c2ccccc21. The number of oxazole rings is 4. The van der Waals surface area contributed by atoms with E-state index in [9.17, 15) is 0 Å². The fourth-order valence-corrected chi connectivity index (χ4v) is 20.0. The van der Waals surface area contributed by atoms with E-state index in [1.165, 1.54) is 66.8 Å². The molecule has 0 bridgehead atoms. The van der Waals surface area contributed by atoms with E-state index >= 15 is 0 Å². The summed E-state index contributed by atoms with van der Waals surface area (Å²) in [6, 6.07) is 102. The standard InChI is InChI=1S/C73H60N4O2.C29H16Br2N2O2/c1-45-74-67-63(76(55-39-31-51(32-40-55)71(3,4)5)53-35-27-49(28-36-53)47-19-11-9-12-20-47)43-61-65(69(67)78-45)66-62(73(61)59-25-17-15-23-57(59)58-24-16-18-26-60(58)73)44-64(68-70(66)79-46(2)75-68)77(56-41-33-52(34-42-56)72(6,7)8)54-37-29-50(30-38-54)48-21-13-10-14-22-48;1-13-32-25-21(30)11-19-23(27(25)34-13)24-20(12-22(31)26-28(24)35-14(2)33-26)29(19)17-9-5-3-7-15(17)16-8-4-6-10-18(16)29/h9-44H,1-8H3;3-12H,1-2H3. The van der Waals surface area contributed by atoms with Crippen molar-refractivity contribution in [1.29, 1.82) is 0 Å². The first-order valence-electron chi connectivity index (χ1n) is 38.9. The van der Waals surface area contributed by atoms with E-state index in [0.29, 0.717) is 34.7 Å². The predicted octanol–water partition coefficient (Wildman–Crippen LogP) is 28.3. The van der Waals surface area contributed by atoms with Gasteiger partial charge in [0.1, 0.15) is 22.1 Å². The molecule has 12 heteroatoms. The largest absolute Gasteiger partial charge is 0.440 e. The van der Waals surface area contributed by atoms with Crippen LogP contribution in [0.3, 0.4) is 0 Å². The van der Waals surface area contributed by atoms with Gasteiger partial charge < -0.3 is 27.5 Å². The average Bonchev–Trinajstić information content (AvgIpc) is 1.50. The first-order valence-corrected chi connectivity index (χ1v) is 40.5. The van der Waals surface area contributed by atoms with Crippen molar-refractivity contribution in [3.8, 4) is 66.8 Å². The number of halogens is 2. The van der Waals surface area contributed by atoms with Crippen molar-refractivity contribution in [3.05, 3.63) is 367 Å². The molecule has 0 fully saturated rings. The highest BCUT2D eigenvalue weighted by Crippen LogP contribution is 2.69.